The van der Waals surface area contributed by atoms with Crippen molar-refractivity contribution in [2.75, 3.05) is 16.8 Å². The second-order valence-electron chi connectivity index (χ2n) is 8.30. The molecule has 1 aliphatic heterocycles. The van der Waals surface area contributed by atoms with E-state index in [4.69, 9.17) is 0 Å². The summed E-state index contributed by atoms with van der Waals surface area (Å²) >= 11 is 0. The lowest BCUT2D eigenvalue weighted by Gasteiger charge is -2.19. The number of carbonyl (C=O) groups is 3. The van der Waals surface area contributed by atoms with E-state index in [2.05, 4.69) is 10.6 Å². The zero-order valence-electron chi connectivity index (χ0n) is 18.8. The van der Waals surface area contributed by atoms with Gasteiger partial charge in [0.2, 0.25) is 5.91 Å². The molecule has 0 saturated carbocycles. The Hall–Kier alpha value is -3.93. The number of rotatable bonds is 7. The molecule has 6 heteroatoms. The lowest BCUT2D eigenvalue weighted by molar-refractivity contribution is -0.121. The van der Waals surface area contributed by atoms with Crippen molar-refractivity contribution >= 4 is 29.1 Å². The van der Waals surface area contributed by atoms with Crippen LogP contribution in [0.3, 0.4) is 0 Å². The fourth-order valence-corrected chi connectivity index (χ4v) is 4.11. The van der Waals surface area contributed by atoms with Gasteiger partial charge in [-0.3, -0.25) is 14.4 Å². The Labute approximate surface area is 193 Å². The minimum atomic E-state index is -0.725. The summed E-state index contributed by atoms with van der Waals surface area (Å²) in [6.45, 7) is 4.35. The smallest absolute Gasteiger partial charge is 0.256 e. The van der Waals surface area contributed by atoms with Crippen molar-refractivity contribution in [1.82, 2.24) is 5.32 Å². The third-order valence-electron chi connectivity index (χ3n) is 5.78. The molecule has 3 aromatic rings. The van der Waals surface area contributed by atoms with Crippen molar-refractivity contribution in [2.24, 2.45) is 0 Å². The van der Waals surface area contributed by atoms with Gasteiger partial charge < -0.3 is 10.6 Å². The molecule has 1 fully saturated rings. The Bertz CT molecular complexity index is 1190. The number of nitrogens with one attached hydrogen (secondary N) is 2. The number of aryl methyl sites for hydroxylation is 2. The molecular weight excluding hydrogens is 414 g/mol. The molecule has 3 aromatic carbocycles. The highest BCUT2D eigenvalue weighted by atomic mass is 16.2. The summed E-state index contributed by atoms with van der Waals surface area (Å²) in [5.74, 6) is -0.794. The van der Waals surface area contributed by atoms with Gasteiger partial charge in [0.1, 0.15) is 6.04 Å². The topological polar surface area (TPSA) is 78.5 Å². The van der Waals surface area contributed by atoms with Crippen LogP contribution in [-0.4, -0.2) is 30.3 Å². The largest absolute Gasteiger partial charge is 0.373 e. The predicted octanol–water partition coefficient (Wildman–Crippen LogP) is 4.02. The molecule has 2 N–H and O–H groups in total. The molecule has 4 rings (SSSR count). The third kappa shape index (κ3) is 4.95. The zero-order chi connectivity index (χ0) is 23.4. The molecule has 1 heterocycles. The van der Waals surface area contributed by atoms with Crippen LogP contribution in [0.5, 0.6) is 0 Å². The highest BCUT2D eigenvalue weighted by molar-refractivity contribution is 6.23. The van der Waals surface area contributed by atoms with Gasteiger partial charge >= 0.3 is 0 Å². The van der Waals surface area contributed by atoms with E-state index in [1.54, 1.807) is 30.3 Å². The number of hydrogen-bond donors (Lipinski definition) is 2. The molecule has 3 amide bonds. The average Bonchev–Trinajstić information content (AvgIpc) is 3.08. The maximum atomic E-state index is 13.1. The Morgan fingerprint density at radius 3 is 2.45 bits per heavy atom. The standard InChI is InChI=1S/C27H27N3O3/c1-18-12-13-24(19(2)16-18)30-25(31)17-23(27(30)33)29-22-11-7-6-10-21(22)26(32)28-15-14-20-8-4-3-5-9-20/h3-13,16,23,29H,14-15,17H2,1-2H3,(H,28,32)/t23-/m0/s1. The average molecular weight is 442 g/mol. The molecule has 0 bridgehead atoms. The van der Waals surface area contributed by atoms with E-state index in [1.807, 2.05) is 56.3 Å². The fraction of sp³-hybridized carbons (Fsp3) is 0.222. The second-order valence-corrected chi connectivity index (χ2v) is 8.30. The van der Waals surface area contributed by atoms with E-state index >= 15 is 0 Å². The molecule has 33 heavy (non-hydrogen) atoms. The van der Waals surface area contributed by atoms with Crippen molar-refractivity contribution in [3.63, 3.8) is 0 Å². The molecule has 0 spiro atoms. The van der Waals surface area contributed by atoms with E-state index in [9.17, 15) is 14.4 Å². The van der Waals surface area contributed by atoms with Gasteiger partial charge in [0, 0.05) is 12.2 Å². The number of hydrogen-bond acceptors (Lipinski definition) is 4. The van der Waals surface area contributed by atoms with Gasteiger partial charge in [0.05, 0.1) is 17.7 Å². The maximum Gasteiger partial charge on any atom is 0.256 e. The van der Waals surface area contributed by atoms with E-state index < -0.39 is 6.04 Å². The van der Waals surface area contributed by atoms with Gasteiger partial charge in [-0.05, 0) is 49.6 Å². The molecule has 1 aliphatic rings. The number of para-hydroxylation sites is 1. The van der Waals surface area contributed by atoms with E-state index in [-0.39, 0.29) is 24.1 Å². The van der Waals surface area contributed by atoms with E-state index in [0.717, 1.165) is 23.1 Å². The summed E-state index contributed by atoms with van der Waals surface area (Å²) in [7, 11) is 0. The molecule has 0 aliphatic carbocycles. The Morgan fingerprint density at radius 2 is 1.70 bits per heavy atom. The Morgan fingerprint density at radius 1 is 0.970 bits per heavy atom. The van der Waals surface area contributed by atoms with Gasteiger partial charge in [-0.1, -0.05) is 60.2 Å². The summed E-state index contributed by atoms with van der Waals surface area (Å²) in [4.78, 5) is 39.9. The lowest BCUT2D eigenvalue weighted by Crippen LogP contribution is -2.35. The van der Waals surface area contributed by atoms with Crippen LogP contribution in [0.25, 0.3) is 0 Å². The van der Waals surface area contributed by atoms with Gasteiger partial charge in [-0.15, -0.1) is 0 Å². The van der Waals surface area contributed by atoms with Gasteiger partial charge in [0.15, 0.2) is 0 Å². The Balaban J connectivity index is 1.45. The van der Waals surface area contributed by atoms with Crippen LogP contribution in [-0.2, 0) is 16.0 Å². The lowest BCUT2D eigenvalue weighted by atomic mass is 10.1. The quantitative estimate of drug-likeness (QED) is 0.543. The molecule has 1 atom stereocenters. The first kappa shape index (κ1) is 22.3. The molecule has 0 unspecified atom stereocenters. The summed E-state index contributed by atoms with van der Waals surface area (Å²) < 4.78 is 0. The second kappa shape index (κ2) is 9.69. The van der Waals surface area contributed by atoms with Crippen molar-refractivity contribution in [3.8, 4) is 0 Å². The first-order valence-corrected chi connectivity index (χ1v) is 11.1. The summed E-state index contributed by atoms with van der Waals surface area (Å²) in [6.07, 6.45) is 0.763. The summed E-state index contributed by atoms with van der Waals surface area (Å²) in [5.41, 5.74) is 4.66. The SMILES string of the molecule is Cc1ccc(N2C(=O)C[C@H](Nc3ccccc3C(=O)NCCc3ccccc3)C2=O)c(C)c1. The van der Waals surface area contributed by atoms with E-state index in [0.29, 0.717) is 23.5 Å². The van der Waals surface area contributed by atoms with Gasteiger partial charge in [0.25, 0.3) is 11.8 Å². The highest BCUT2D eigenvalue weighted by Gasteiger charge is 2.40. The highest BCUT2D eigenvalue weighted by Crippen LogP contribution is 2.29. The predicted molar refractivity (Wildman–Crippen MR) is 129 cm³/mol. The van der Waals surface area contributed by atoms with Crippen LogP contribution in [0, 0.1) is 13.8 Å². The summed E-state index contributed by atoms with van der Waals surface area (Å²) in [5, 5.41) is 6.08. The van der Waals surface area contributed by atoms with Crippen molar-refractivity contribution in [1.29, 1.82) is 0 Å². The molecular formula is C27H27N3O3. The van der Waals surface area contributed by atoms with Crippen molar-refractivity contribution < 1.29 is 14.4 Å². The number of anilines is 2. The Kier molecular flexibility index (Phi) is 6.54. The van der Waals surface area contributed by atoms with Crippen LogP contribution in [0.15, 0.2) is 72.8 Å². The minimum absolute atomic E-state index is 0.0378. The van der Waals surface area contributed by atoms with Crippen LogP contribution in [0.1, 0.15) is 33.5 Å². The number of imide groups is 1. The third-order valence-corrected chi connectivity index (χ3v) is 5.78. The monoisotopic (exact) mass is 441 g/mol. The van der Waals surface area contributed by atoms with Gasteiger partial charge in [-0.2, -0.15) is 0 Å². The van der Waals surface area contributed by atoms with Gasteiger partial charge in [-0.25, -0.2) is 4.90 Å². The van der Waals surface area contributed by atoms with Crippen LogP contribution in [0.2, 0.25) is 0 Å². The number of amides is 3. The molecule has 6 nitrogen and oxygen atoms in total. The minimum Gasteiger partial charge on any atom is -0.373 e. The molecule has 1 saturated heterocycles. The molecule has 168 valence electrons. The fourth-order valence-electron chi connectivity index (χ4n) is 4.11. The van der Waals surface area contributed by atoms with Crippen molar-refractivity contribution in [3.05, 3.63) is 95.1 Å². The summed E-state index contributed by atoms with van der Waals surface area (Å²) in [6, 6.07) is 21.9. The normalized spacial score (nSPS) is 15.6. The number of nitrogens with zero attached hydrogens (tertiary/aromatic N) is 1. The first-order chi connectivity index (χ1) is 15.9. The van der Waals surface area contributed by atoms with Crippen LogP contribution < -0.4 is 15.5 Å². The maximum absolute atomic E-state index is 13.1. The van der Waals surface area contributed by atoms with E-state index in [1.165, 1.54) is 4.90 Å². The molecule has 0 aromatic heterocycles. The first-order valence-electron chi connectivity index (χ1n) is 11.1. The number of carbonyl (C=O) groups excluding carboxylic acids is 3. The molecule has 0 radical (unpaired) electrons. The van der Waals surface area contributed by atoms with Crippen LogP contribution >= 0.6 is 0 Å². The van der Waals surface area contributed by atoms with Crippen LogP contribution in [0.4, 0.5) is 11.4 Å². The van der Waals surface area contributed by atoms with Crippen molar-refractivity contribution in [2.45, 2.75) is 32.7 Å². The number of benzene rings is 3. The zero-order valence-corrected chi connectivity index (χ0v) is 18.8.